The number of fused-ring (bicyclic) bond motifs is 1. The van der Waals surface area contributed by atoms with Crippen LogP contribution in [0.3, 0.4) is 0 Å². The highest BCUT2D eigenvalue weighted by Gasteiger charge is 2.34. The van der Waals surface area contributed by atoms with Crippen molar-refractivity contribution in [2.24, 2.45) is 5.73 Å². The van der Waals surface area contributed by atoms with E-state index in [0.717, 1.165) is 25.4 Å². The molecule has 2 unspecified atom stereocenters. The number of nitrogens with one attached hydrogen (secondary N) is 1. The largest absolute Gasteiger partial charge is 0.384 e. The molecule has 5 nitrogen and oxygen atoms in total. The summed E-state index contributed by atoms with van der Waals surface area (Å²) in [6, 6.07) is 4.30. The van der Waals surface area contributed by atoms with Crippen molar-refractivity contribution >= 4 is 11.7 Å². The number of nitrogens with zero attached hydrogens (tertiary/aromatic N) is 2. The number of aromatic nitrogens is 1. The monoisotopic (exact) mass is 260 g/mol. The lowest BCUT2D eigenvalue weighted by Gasteiger charge is -2.44. The van der Waals surface area contributed by atoms with Gasteiger partial charge in [0.2, 0.25) is 0 Å². The van der Waals surface area contributed by atoms with Crippen LogP contribution in [-0.4, -0.2) is 36.1 Å². The molecule has 0 spiro atoms. The molecule has 102 valence electrons. The SMILES string of the molecule is N=C(N)c1ccc(N2CCOC3CCCCC32)nc1. The summed E-state index contributed by atoms with van der Waals surface area (Å²) in [5, 5.41) is 7.40. The van der Waals surface area contributed by atoms with Crippen LogP contribution < -0.4 is 10.6 Å². The van der Waals surface area contributed by atoms with Gasteiger partial charge in [0.05, 0.1) is 18.8 Å². The highest BCUT2D eigenvalue weighted by atomic mass is 16.5. The van der Waals surface area contributed by atoms with Gasteiger partial charge in [-0.1, -0.05) is 12.8 Å². The second-order valence-electron chi connectivity index (χ2n) is 5.27. The third-order valence-corrected chi connectivity index (χ3v) is 4.09. The molecule has 2 aliphatic rings. The lowest BCUT2D eigenvalue weighted by molar-refractivity contribution is -0.00898. The molecule has 0 amide bonds. The first-order valence-corrected chi connectivity index (χ1v) is 6.94. The summed E-state index contributed by atoms with van der Waals surface area (Å²) < 4.78 is 5.87. The van der Waals surface area contributed by atoms with Crippen molar-refractivity contribution in [1.82, 2.24) is 4.98 Å². The predicted octanol–water partition coefficient (Wildman–Crippen LogP) is 1.51. The first-order chi connectivity index (χ1) is 9.25. The molecule has 3 rings (SSSR count). The number of ether oxygens (including phenoxy) is 1. The fraction of sp³-hybridized carbons (Fsp3) is 0.571. The van der Waals surface area contributed by atoms with Crippen LogP contribution in [0.1, 0.15) is 31.2 Å². The van der Waals surface area contributed by atoms with Crippen LogP contribution in [0, 0.1) is 5.41 Å². The van der Waals surface area contributed by atoms with E-state index in [-0.39, 0.29) is 5.84 Å². The summed E-state index contributed by atoms with van der Waals surface area (Å²) >= 11 is 0. The minimum absolute atomic E-state index is 0.0663. The number of morpholine rings is 1. The number of hydrogen-bond donors (Lipinski definition) is 2. The molecule has 1 aromatic heterocycles. The van der Waals surface area contributed by atoms with Gasteiger partial charge in [0.15, 0.2) is 0 Å². The highest BCUT2D eigenvalue weighted by molar-refractivity contribution is 5.94. The van der Waals surface area contributed by atoms with Crippen molar-refractivity contribution < 1.29 is 4.74 Å². The third kappa shape index (κ3) is 2.42. The molecule has 1 aromatic rings. The molecule has 2 heterocycles. The average molecular weight is 260 g/mol. The van der Waals surface area contributed by atoms with Gasteiger partial charge in [0.25, 0.3) is 0 Å². The van der Waals surface area contributed by atoms with E-state index in [9.17, 15) is 0 Å². The van der Waals surface area contributed by atoms with Crippen molar-refractivity contribution in [3.05, 3.63) is 23.9 Å². The van der Waals surface area contributed by atoms with Gasteiger partial charge in [-0.2, -0.15) is 0 Å². The smallest absolute Gasteiger partial charge is 0.128 e. The van der Waals surface area contributed by atoms with Crippen LogP contribution in [0.15, 0.2) is 18.3 Å². The van der Waals surface area contributed by atoms with Crippen molar-refractivity contribution in [2.45, 2.75) is 37.8 Å². The lowest BCUT2D eigenvalue weighted by atomic mass is 9.90. The van der Waals surface area contributed by atoms with E-state index >= 15 is 0 Å². The zero-order valence-corrected chi connectivity index (χ0v) is 11.0. The van der Waals surface area contributed by atoms with E-state index < -0.39 is 0 Å². The highest BCUT2D eigenvalue weighted by Crippen LogP contribution is 2.31. The molecule has 1 aliphatic heterocycles. The summed E-state index contributed by atoms with van der Waals surface area (Å²) in [7, 11) is 0. The number of rotatable bonds is 2. The predicted molar refractivity (Wildman–Crippen MR) is 74.6 cm³/mol. The molecule has 0 radical (unpaired) electrons. The molecule has 2 fully saturated rings. The zero-order valence-electron chi connectivity index (χ0n) is 11.0. The van der Waals surface area contributed by atoms with Gasteiger partial charge >= 0.3 is 0 Å². The van der Waals surface area contributed by atoms with Crippen LogP contribution >= 0.6 is 0 Å². The Labute approximate surface area is 113 Å². The Balaban J connectivity index is 1.81. The molecule has 19 heavy (non-hydrogen) atoms. The van der Waals surface area contributed by atoms with E-state index in [2.05, 4.69) is 9.88 Å². The lowest BCUT2D eigenvalue weighted by Crippen LogP contribution is -2.53. The Hall–Kier alpha value is -1.62. The molecular formula is C14H20N4O. The first-order valence-electron chi connectivity index (χ1n) is 6.94. The summed E-state index contributed by atoms with van der Waals surface area (Å²) in [6.45, 7) is 1.67. The number of amidine groups is 1. The van der Waals surface area contributed by atoms with Crippen molar-refractivity contribution in [2.75, 3.05) is 18.1 Å². The maximum absolute atomic E-state index is 7.40. The first kappa shape index (κ1) is 12.4. The number of pyridine rings is 1. The molecule has 1 saturated carbocycles. The zero-order chi connectivity index (χ0) is 13.2. The minimum atomic E-state index is 0.0663. The Morgan fingerprint density at radius 1 is 1.37 bits per heavy atom. The Morgan fingerprint density at radius 3 is 2.95 bits per heavy atom. The van der Waals surface area contributed by atoms with Crippen LogP contribution in [0.2, 0.25) is 0 Å². The Bertz CT molecular complexity index is 457. The van der Waals surface area contributed by atoms with Gasteiger partial charge < -0.3 is 15.4 Å². The van der Waals surface area contributed by atoms with E-state index in [1.165, 1.54) is 19.3 Å². The van der Waals surface area contributed by atoms with Crippen molar-refractivity contribution in [3.63, 3.8) is 0 Å². The van der Waals surface area contributed by atoms with Gasteiger partial charge in [-0.15, -0.1) is 0 Å². The molecule has 0 aromatic carbocycles. The molecular weight excluding hydrogens is 240 g/mol. The molecule has 1 saturated heterocycles. The van der Waals surface area contributed by atoms with Gasteiger partial charge in [-0.3, -0.25) is 5.41 Å². The molecule has 1 aliphatic carbocycles. The van der Waals surface area contributed by atoms with E-state index in [0.29, 0.717) is 17.7 Å². The van der Waals surface area contributed by atoms with Crippen LogP contribution in [0.4, 0.5) is 5.82 Å². The maximum Gasteiger partial charge on any atom is 0.128 e. The Morgan fingerprint density at radius 2 is 2.21 bits per heavy atom. The van der Waals surface area contributed by atoms with Gasteiger partial charge in [-0.25, -0.2) is 4.98 Å². The van der Waals surface area contributed by atoms with Gasteiger partial charge in [0, 0.05) is 18.3 Å². The van der Waals surface area contributed by atoms with Crippen LogP contribution in [0.25, 0.3) is 0 Å². The normalized spacial score (nSPS) is 26.8. The molecule has 3 N–H and O–H groups in total. The molecule has 2 atom stereocenters. The maximum atomic E-state index is 7.40. The van der Waals surface area contributed by atoms with Crippen molar-refractivity contribution in [1.29, 1.82) is 5.41 Å². The second-order valence-corrected chi connectivity index (χ2v) is 5.27. The second kappa shape index (κ2) is 5.17. The number of nitrogen functional groups attached to an aromatic ring is 1. The van der Waals surface area contributed by atoms with Crippen LogP contribution in [-0.2, 0) is 4.74 Å². The Kier molecular flexibility index (Phi) is 3.38. The molecule has 0 bridgehead atoms. The average Bonchev–Trinajstić information content (AvgIpc) is 2.47. The van der Waals surface area contributed by atoms with E-state index in [1.807, 2.05) is 12.1 Å². The minimum Gasteiger partial charge on any atom is -0.384 e. The standard InChI is InChI=1S/C14H20N4O/c15-14(16)10-5-6-13(17-9-10)18-7-8-19-12-4-2-1-3-11(12)18/h5-6,9,11-12H,1-4,7-8H2,(H3,15,16). The summed E-state index contributed by atoms with van der Waals surface area (Å²) in [5.74, 6) is 1.04. The molecule has 5 heteroatoms. The number of hydrogen-bond acceptors (Lipinski definition) is 4. The third-order valence-electron chi connectivity index (χ3n) is 4.09. The van der Waals surface area contributed by atoms with E-state index in [1.54, 1.807) is 6.20 Å². The number of nitrogens with two attached hydrogens (primary N) is 1. The quantitative estimate of drug-likeness (QED) is 0.624. The van der Waals surface area contributed by atoms with Gasteiger partial charge in [-0.05, 0) is 25.0 Å². The van der Waals surface area contributed by atoms with Crippen molar-refractivity contribution in [3.8, 4) is 0 Å². The number of anilines is 1. The van der Waals surface area contributed by atoms with Crippen LogP contribution in [0.5, 0.6) is 0 Å². The fourth-order valence-electron chi connectivity index (χ4n) is 3.10. The van der Waals surface area contributed by atoms with E-state index in [4.69, 9.17) is 15.9 Å². The fourth-order valence-corrected chi connectivity index (χ4v) is 3.10. The topological polar surface area (TPSA) is 75.2 Å². The summed E-state index contributed by atoms with van der Waals surface area (Å²) in [6.07, 6.45) is 6.92. The summed E-state index contributed by atoms with van der Waals surface area (Å²) in [4.78, 5) is 6.82. The van der Waals surface area contributed by atoms with Gasteiger partial charge in [0.1, 0.15) is 11.7 Å². The summed E-state index contributed by atoms with van der Waals surface area (Å²) in [5.41, 5.74) is 6.14.